The first-order chi connectivity index (χ1) is 13.0. The zero-order valence-electron chi connectivity index (χ0n) is 14.9. The lowest BCUT2D eigenvalue weighted by Gasteiger charge is -2.14. The fourth-order valence-electron chi connectivity index (χ4n) is 2.73. The number of benzene rings is 1. The van der Waals surface area contributed by atoms with E-state index in [1.165, 1.54) is 22.9 Å². The standard InChI is InChI=1S/C17H21FN6O3/c1-2-3-13(17(26)27)19-9-15(25)20-14-8-11(6-7-12(14)18)24-16(10-4-5-10)21-22-23-24/h6-8,10,13,19H,2-5,9H2,1H3,(H,20,25)(H,26,27). The molecule has 1 saturated carbocycles. The van der Waals surface area contributed by atoms with Gasteiger partial charge in [-0.15, -0.1) is 5.10 Å². The second-order valence-electron chi connectivity index (χ2n) is 6.50. The number of tetrazole rings is 1. The molecule has 1 atom stereocenters. The highest BCUT2D eigenvalue weighted by atomic mass is 19.1. The summed E-state index contributed by atoms with van der Waals surface area (Å²) in [5.74, 6) is -1.14. The van der Waals surface area contributed by atoms with Crippen LogP contribution in [-0.4, -0.2) is 49.8 Å². The second-order valence-corrected chi connectivity index (χ2v) is 6.50. The van der Waals surface area contributed by atoms with Gasteiger partial charge in [0.25, 0.3) is 0 Å². The predicted octanol–water partition coefficient (Wildman–Crippen LogP) is 1.46. The van der Waals surface area contributed by atoms with E-state index in [0.717, 1.165) is 12.8 Å². The molecule has 1 unspecified atom stereocenters. The third-order valence-corrected chi connectivity index (χ3v) is 4.29. The summed E-state index contributed by atoms with van der Waals surface area (Å²) in [6, 6.07) is 3.40. The average molecular weight is 376 g/mol. The van der Waals surface area contributed by atoms with E-state index in [-0.39, 0.29) is 12.2 Å². The molecule has 1 amide bonds. The number of rotatable bonds is 9. The zero-order chi connectivity index (χ0) is 19.4. The lowest BCUT2D eigenvalue weighted by molar-refractivity contribution is -0.139. The van der Waals surface area contributed by atoms with Crippen molar-refractivity contribution < 1.29 is 19.1 Å². The van der Waals surface area contributed by atoms with Gasteiger partial charge in [0.15, 0.2) is 5.82 Å². The Bertz CT molecular complexity index is 836. The minimum absolute atomic E-state index is 0.0149. The Labute approximate surface area is 154 Å². The van der Waals surface area contributed by atoms with E-state index in [4.69, 9.17) is 5.11 Å². The van der Waals surface area contributed by atoms with Crippen LogP contribution in [0.1, 0.15) is 44.3 Å². The minimum atomic E-state index is -1.02. The van der Waals surface area contributed by atoms with Gasteiger partial charge in [0.1, 0.15) is 11.9 Å². The number of carbonyl (C=O) groups excluding carboxylic acids is 1. The Morgan fingerprint density at radius 1 is 1.41 bits per heavy atom. The molecule has 9 nitrogen and oxygen atoms in total. The van der Waals surface area contributed by atoms with Crippen molar-refractivity contribution in [3.05, 3.63) is 29.8 Å². The molecule has 0 bridgehead atoms. The summed E-state index contributed by atoms with van der Waals surface area (Å²) in [6.45, 7) is 1.62. The fourth-order valence-corrected chi connectivity index (χ4v) is 2.73. The topological polar surface area (TPSA) is 122 Å². The van der Waals surface area contributed by atoms with Crippen molar-refractivity contribution in [2.45, 2.75) is 44.6 Å². The molecular weight excluding hydrogens is 355 g/mol. The van der Waals surface area contributed by atoms with Gasteiger partial charge < -0.3 is 10.4 Å². The van der Waals surface area contributed by atoms with Gasteiger partial charge in [-0.3, -0.25) is 14.9 Å². The van der Waals surface area contributed by atoms with Crippen molar-refractivity contribution in [3.63, 3.8) is 0 Å². The van der Waals surface area contributed by atoms with Crippen LogP contribution in [0.4, 0.5) is 10.1 Å². The molecule has 10 heteroatoms. The van der Waals surface area contributed by atoms with Crippen LogP contribution in [0.5, 0.6) is 0 Å². The van der Waals surface area contributed by atoms with Crippen LogP contribution in [0.25, 0.3) is 5.69 Å². The Kier molecular flexibility index (Phi) is 5.75. The number of anilines is 1. The molecule has 144 valence electrons. The molecule has 1 heterocycles. The van der Waals surface area contributed by atoms with Crippen molar-refractivity contribution >= 4 is 17.6 Å². The van der Waals surface area contributed by atoms with Gasteiger partial charge in [0, 0.05) is 5.92 Å². The molecule has 1 aromatic heterocycles. The molecule has 27 heavy (non-hydrogen) atoms. The third-order valence-electron chi connectivity index (χ3n) is 4.29. The molecular formula is C17H21FN6O3. The number of hydrogen-bond donors (Lipinski definition) is 3. The van der Waals surface area contributed by atoms with Gasteiger partial charge in [0.2, 0.25) is 5.91 Å². The summed E-state index contributed by atoms with van der Waals surface area (Å²) in [6.07, 6.45) is 3.09. The number of carboxylic acids is 1. The summed E-state index contributed by atoms with van der Waals surface area (Å²) in [5.41, 5.74) is 0.528. The first-order valence-corrected chi connectivity index (χ1v) is 8.83. The van der Waals surface area contributed by atoms with Crippen LogP contribution in [0, 0.1) is 5.82 Å². The van der Waals surface area contributed by atoms with Crippen molar-refractivity contribution in [2.75, 3.05) is 11.9 Å². The normalized spacial score (nSPS) is 14.7. The van der Waals surface area contributed by atoms with Crippen molar-refractivity contribution in [3.8, 4) is 5.69 Å². The van der Waals surface area contributed by atoms with E-state index in [0.29, 0.717) is 30.3 Å². The molecule has 1 fully saturated rings. The summed E-state index contributed by atoms with van der Waals surface area (Å²) in [4.78, 5) is 23.2. The number of halogens is 1. The highest BCUT2D eigenvalue weighted by molar-refractivity contribution is 5.93. The summed E-state index contributed by atoms with van der Waals surface area (Å²) in [7, 11) is 0. The van der Waals surface area contributed by atoms with Crippen molar-refractivity contribution in [1.29, 1.82) is 0 Å². The highest BCUT2D eigenvalue weighted by Gasteiger charge is 2.30. The highest BCUT2D eigenvalue weighted by Crippen LogP contribution is 2.39. The van der Waals surface area contributed by atoms with Gasteiger partial charge in [-0.05, 0) is 47.9 Å². The van der Waals surface area contributed by atoms with Crippen LogP contribution in [0.15, 0.2) is 18.2 Å². The molecule has 1 aliphatic rings. The maximum Gasteiger partial charge on any atom is 0.320 e. The number of nitrogens with one attached hydrogen (secondary N) is 2. The Hall–Kier alpha value is -2.88. The molecule has 1 aliphatic carbocycles. The lowest BCUT2D eigenvalue weighted by Crippen LogP contribution is -2.41. The smallest absolute Gasteiger partial charge is 0.320 e. The fraction of sp³-hybridized carbons (Fsp3) is 0.471. The van der Waals surface area contributed by atoms with Gasteiger partial charge in [-0.25, -0.2) is 4.39 Å². The number of aromatic nitrogens is 4. The number of carbonyl (C=O) groups is 2. The first-order valence-electron chi connectivity index (χ1n) is 8.83. The monoisotopic (exact) mass is 376 g/mol. The van der Waals surface area contributed by atoms with Crippen LogP contribution in [-0.2, 0) is 9.59 Å². The van der Waals surface area contributed by atoms with E-state index < -0.39 is 23.7 Å². The zero-order valence-corrected chi connectivity index (χ0v) is 14.9. The van der Waals surface area contributed by atoms with Gasteiger partial charge in [0.05, 0.1) is 17.9 Å². The van der Waals surface area contributed by atoms with Gasteiger partial charge >= 0.3 is 5.97 Å². The molecule has 0 aliphatic heterocycles. The SMILES string of the molecule is CCCC(NCC(=O)Nc1cc(-n2nnnc2C2CC2)ccc1F)C(=O)O. The quantitative estimate of drug-likeness (QED) is 0.605. The minimum Gasteiger partial charge on any atom is -0.480 e. The van der Waals surface area contributed by atoms with Crippen LogP contribution in [0.3, 0.4) is 0 Å². The Balaban J connectivity index is 1.68. The summed E-state index contributed by atoms with van der Waals surface area (Å²) >= 11 is 0. The summed E-state index contributed by atoms with van der Waals surface area (Å²) in [5, 5.41) is 25.8. The molecule has 3 rings (SSSR count). The number of amides is 1. The second kappa shape index (κ2) is 8.21. The molecule has 2 aromatic rings. The van der Waals surface area contributed by atoms with E-state index in [9.17, 15) is 14.0 Å². The molecule has 0 spiro atoms. The van der Waals surface area contributed by atoms with Crippen molar-refractivity contribution in [2.24, 2.45) is 0 Å². The molecule has 3 N–H and O–H groups in total. The molecule has 1 aromatic carbocycles. The maximum atomic E-state index is 14.1. The van der Waals surface area contributed by atoms with Gasteiger partial charge in [-0.2, -0.15) is 4.68 Å². The van der Waals surface area contributed by atoms with Crippen LogP contribution >= 0.6 is 0 Å². The summed E-state index contributed by atoms with van der Waals surface area (Å²) < 4.78 is 15.6. The van der Waals surface area contributed by atoms with Crippen LogP contribution in [0.2, 0.25) is 0 Å². The Morgan fingerprint density at radius 2 is 2.19 bits per heavy atom. The lowest BCUT2D eigenvalue weighted by atomic mass is 10.1. The van der Waals surface area contributed by atoms with Crippen molar-refractivity contribution in [1.82, 2.24) is 25.5 Å². The molecule has 0 radical (unpaired) electrons. The van der Waals surface area contributed by atoms with E-state index in [2.05, 4.69) is 26.2 Å². The Morgan fingerprint density at radius 3 is 2.85 bits per heavy atom. The number of hydrogen-bond acceptors (Lipinski definition) is 6. The first kappa shape index (κ1) is 18.9. The maximum absolute atomic E-state index is 14.1. The number of nitrogens with zero attached hydrogens (tertiary/aromatic N) is 4. The number of carboxylic acid groups (broad SMARTS) is 1. The van der Waals surface area contributed by atoms with E-state index in [1.807, 2.05) is 6.92 Å². The predicted molar refractivity (Wildman–Crippen MR) is 94.1 cm³/mol. The van der Waals surface area contributed by atoms with Crippen LogP contribution < -0.4 is 10.6 Å². The van der Waals surface area contributed by atoms with E-state index >= 15 is 0 Å². The molecule has 0 saturated heterocycles. The largest absolute Gasteiger partial charge is 0.480 e. The number of aliphatic carboxylic acids is 1. The third kappa shape index (κ3) is 4.64. The van der Waals surface area contributed by atoms with Gasteiger partial charge in [-0.1, -0.05) is 13.3 Å². The van der Waals surface area contributed by atoms with E-state index in [1.54, 1.807) is 0 Å². The average Bonchev–Trinajstić information content (AvgIpc) is 3.37.